The van der Waals surface area contributed by atoms with Crippen molar-refractivity contribution in [1.82, 2.24) is 0 Å². The Morgan fingerprint density at radius 3 is 2.56 bits per heavy atom. The van der Waals surface area contributed by atoms with Crippen molar-refractivity contribution in [2.24, 2.45) is 9.98 Å². The maximum atomic E-state index is 4.26. The molecule has 0 radical (unpaired) electrons. The van der Waals surface area contributed by atoms with E-state index in [1.54, 1.807) is 0 Å². The molecule has 1 aliphatic rings. The normalized spacial score (nSPS) is 27.2. The van der Waals surface area contributed by atoms with Gasteiger partial charge in [0.15, 0.2) is 0 Å². The van der Waals surface area contributed by atoms with Crippen LogP contribution in [0.25, 0.3) is 0 Å². The molecule has 0 aromatic carbocycles. The first-order valence-corrected chi connectivity index (χ1v) is 3.27. The van der Waals surface area contributed by atoms with E-state index < -0.39 is 0 Å². The molecule has 1 rings (SSSR count). The summed E-state index contributed by atoms with van der Waals surface area (Å²) >= 11 is 0. The first-order valence-electron chi connectivity index (χ1n) is 3.27. The summed E-state index contributed by atoms with van der Waals surface area (Å²) in [5, 5.41) is 0. The lowest BCUT2D eigenvalue weighted by molar-refractivity contribution is 0.765. The Kier molecular flexibility index (Phi) is 1.65. The molecule has 0 amide bonds. The Hall–Kier alpha value is -0.660. The Morgan fingerprint density at radius 2 is 2.11 bits per heavy atom. The molecule has 1 heterocycles. The first-order chi connectivity index (χ1) is 4.18. The predicted molar refractivity (Wildman–Crippen MR) is 40.3 cm³/mol. The maximum Gasteiger partial charge on any atom is 0.120 e. The van der Waals surface area contributed by atoms with E-state index >= 15 is 0 Å². The Bertz CT molecular complexity index is 168. The average molecular weight is 124 g/mol. The molecule has 1 atom stereocenters. The zero-order chi connectivity index (χ0) is 6.85. The van der Waals surface area contributed by atoms with Crippen LogP contribution in [0.3, 0.4) is 0 Å². The predicted octanol–water partition coefficient (Wildman–Crippen LogP) is 1.66. The van der Waals surface area contributed by atoms with Crippen LogP contribution in [0, 0.1) is 0 Å². The van der Waals surface area contributed by atoms with Crippen LogP contribution in [0.2, 0.25) is 0 Å². The third-order valence-electron chi connectivity index (χ3n) is 1.35. The zero-order valence-electron chi connectivity index (χ0n) is 6.18. The van der Waals surface area contributed by atoms with Gasteiger partial charge >= 0.3 is 0 Å². The summed E-state index contributed by atoms with van der Waals surface area (Å²) in [6, 6.07) is 0.447. The topological polar surface area (TPSA) is 24.7 Å². The number of nitrogens with zero attached hydrogens (tertiary/aromatic N) is 2. The second-order valence-corrected chi connectivity index (χ2v) is 2.58. The van der Waals surface area contributed by atoms with Crippen molar-refractivity contribution in [3.63, 3.8) is 0 Å². The highest BCUT2D eigenvalue weighted by Crippen LogP contribution is 2.05. The van der Waals surface area contributed by atoms with Gasteiger partial charge in [-0.2, -0.15) is 0 Å². The van der Waals surface area contributed by atoms with Crippen LogP contribution in [-0.2, 0) is 0 Å². The second kappa shape index (κ2) is 2.29. The smallest absolute Gasteiger partial charge is 0.120 e. The fourth-order valence-electron chi connectivity index (χ4n) is 1.14. The van der Waals surface area contributed by atoms with Crippen molar-refractivity contribution in [3.8, 4) is 0 Å². The van der Waals surface area contributed by atoms with Crippen molar-refractivity contribution in [3.05, 3.63) is 0 Å². The minimum atomic E-state index is 0.447. The minimum absolute atomic E-state index is 0.447. The molecule has 2 nitrogen and oxygen atoms in total. The fraction of sp³-hybridized carbons (Fsp3) is 0.714. The summed E-state index contributed by atoms with van der Waals surface area (Å²) in [5.41, 5.74) is 1.20. The number of amidine groups is 1. The van der Waals surface area contributed by atoms with Crippen molar-refractivity contribution in [1.29, 1.82) is 0 Å². The van der Waals surface area contributed by atoms with Gasteiger partial charge in [-0.05, 0) is 20.8 Å². The number of aliphatic imine (C=N–C) groups is 2. The fourth-order valence-corrected chi connectivity index (χ4v) is 1.14. The van der Waals surface area contributed by atoms with Gasteiger partial charge in [0.1, 0.15) is 5.84 Å². The van der Waals surface area contributed by atoms with Crippen LogP contribution in [0.15, 0.2) is 9.98 Å². The largest absolute Gasteiger partial charge is 0.267 e. The zero-order valence-corrected chi connectivity index (χ0v) is 6.18. The second-order valence-electron chi connectivity index (χ2n) is 2.58. The highest BCUT2D eigenvalue weighted by molar-refractivity contribution is 5.97. The lowest BCUT2D eigenvalue weighted by Gasteiger charge is -2.11. The van der Waals surface area contributed by atoms with Crippen molar-refractivity contribution in [2.45, 2.75) is 33.2 Å². The SMILES string of the molecule is CC1=NC(C)=NC(C)C1. The van der Waals surface area contributed by atoms with Crippen LogP contribution in [0.5, 0.6) is 0 Å². The van der Waals surface area contributed by atoms with E-state index in [9.17, 15) is 0 Å². The molecule has 9 heavy (non-hydrogen) atoms. The highest BCUT2D eigenvalue weighted by Gasteiger charge is 2.06. The summed E-state index contributed by atoms with van der Waals surface area (Å²) in [6.45, 7) is 6.11. The van der Waals surface area contributed by atoms with Gasteiger partial charge in [0.25, 0.3) is 0 Å². The van der Waals surface area contributed by atoms with Gasteiger partial charge in [-0.25, -0.2) is 4.99 Å². The molecule has 50 valence electrons. The number of rotatable bonds is 0. The first kappa shape index (κ1) is 6.46. The molecule has 0 spiro atoms. The maximum absolute atomic E-state index is 4.26. The van der Waals surface area contributed by atoms with Crippen LogP contribution in [0.4, 0.5) is 0 Å². The lowest BCUT2D eigenvalue weighted by atomic mass is 10.1. The molecule has 0 saturated carbocycles. The summed E-state index contributed by atoms with van der Waals surface area (Å²) in [5.74, 6) is 0.922. The van der Waals surface area contributed by atoms with Gasteiger partial charge < -0.3 is 0 Å². The summed E-state index contributed by atoms with van der Waals surface area (Å²) in [6.07, 6.45) is 1.03. The Balaban J connectivity index is 2.74. The molecule has 1 aliphatic heterocycles. The molecular formula is C7H12N2. The molecule has 0 saturated heterocycles. The van der Waals surface area contributed by atoms with E-state index in [2.05, 4.69) is 23.8 Å². The molecule has 0 bridgehead atoms. The number of hydrogen-bond donors (Lipinski definition) is 0. The van der Waals surface area contributed by atoms with E-state index in [4.69, 9.17) is 0 Å². The van der Waals surface area contributed by atoms with Crippen molar-refractivity contribution in [2.75, 3.05) is 0 Å². The molecule has 2 heteroatoms. The number of hydrogen-bond acceptors (Lipinski definition) is 2. The van der Waals surface area contributed by atoms with Crippen LogP contribution < -0.4 is 0 Å². The van der Waals surface area contributed by atoms with Crippen molar-refractivity contribution < 1.29 is 0 Å². The van der Waals surface area contributed by atoms with Gasteiger partial charge in [-0.1, -0.05) is 0 Å². The van der Waals surface area contributed by atoms with Crippen LogP contribution in [0.1, 0.15) is 27.2 Å². The Labute approximate surface area is 55.7 Å². The monoisotopic (exact) mass is 124 g/mol. The van der Waals surface area contributed by atoms with E-state index in [0.29, 0.717) is 6.04 Å². The van der Waals surface area contributed by atoms with Gasteiger partial charge in [0.05, 0.1) is 6.04 Å². The van der Waals surface area contributed by atoms with Crippen LogP contribution in [-0.4, -0.2) is 17.6 Å². The van der Waals surface area contributed by atoms with Gasteiger partial charge in [-0.15, -0.1) is 0 Å². The molecule has 1 unspecified atom stereocenters. The molecule has 0 N–H and O–H groups in total. The Morgan fingerprint density at radius 1 is 1.44 bits per heavy atom. The summed E-state index contributed by atoms with van der Waals surface area (Å²) < 4.78 is 0. The molecule has 0 aliphatic carbocycles. The third kappa shape index (κ3) is 1.63. The average Bonchev–Trinajstić information content (AvgIpc) is 1.59. The van der Waals surface area contributed by atoms with Gasteiger partial charge in [-0.3, -0.25) is 4.99 Å². The van der Waals surface area contributed by atoms with E-state index in [1.165, 1.54) is 5.71 Å². The van der Waals surface area contributed by atoms with Gasteiger partial charge in [0.2, 0.25) is 0 Å². The quantitative estimate of drug-likeness (QED) is 0.469. The minimum Gasteiger partial charge on any atom is -0.267 e. The summed E-state index contributed by atoms with van der Waals surface area (Å²) in [4.78, 5) is 8.46. The standard InChI is InChI=1S/C7H12N2/c1-5-4-6(2)9-7(3)8-5/h5H,4H2,1-3H3. The van der Waals surface area contributed by atoms with E-state index in [-0.39, 0.29) is 0 Å². The molecule has 0 aromatic heterocycles. The third-order valence-corrected chi connectivity index (χ3v) is 1.35. The van der Waals surface area contributed by atoms with Crippen molar-refractivity contribution >= 4 is 11.5 Å². The summed E-state index contributed by atoms with van der Waals surface area (Å²) in [7, 11) is 0. The lowest BCUT2D eigenvalue weighted by Crippen LogP contribution is -2.13. The van der Waals surface area contributed by atoms with Crippen LogP contribution >= 0.6 is 0 Å². The van der Waals surface area contributed by atoms with E-state index in [0.717, 1.165) is 12.3 Å². The highest BCUT2D eigenvalue weighted by atomic mass is 15.0. The molecule has 0 fully saturated rings. The molecule has 0 aromatic rings. The van der Waals surface area contributed by atoms with Gasteiger partial charge in [0, 0.05) is 12.1 Å². The van der Waals surface area contributed by atoms with E-state index in [1.807, 2.05) is 6.92 Å². The molecular weight excluding hydrogens is 112 g/mol.